The maximum Gasteiger partial charge on any atom is 0.148 e. The maximum atomic E-state index is 10.2. The van der Waals surface area contributed by atoms with Crippen molar-refractivity contribution >= 4 is 11.4 Å². The Morgan fingerprint density at radius 1 is 0.800 bits per heavy atom. The summed E-state index contributed by atoms with van der Waals surface area (Å²) in [4.78, 5) is 8.92. The Labute approximate surface area is 176 Å². The zero-order chi connectivity index (χ0) is 21.9. The monoisotopic (exact) mass is 404 g/mol. The number of ether oxygens (including phenoxy) is 2. The molecule has 0 spiro atoms. The van der Waals surface area contributed by atoms with Crippen LogP contribution in [-0.4, -0.2) is 47.9 Å². The maximum absolute atomic E-state index is 10.2. The fourth-order valence-corrected chi connectivity index (χ4v) is 2.67. The number of aromatic hydroxyl groups is 2. The van der Waals surface area contributed by atoms with E-state index in [4.69, 9.17) is 22.3 Å². The first-order valence-electron chi connectivity index (χ1n) is 9.27. The van der Waals surface area contributed by atoms with E-state index in [2.05, 4.69) is 21.8 Å². The van der Waals surface area contributed by atoms with E-state index in [1.807, 2.05) is 13.8 Å². The summed E-state index contributed by atoms with van der Waals surface area (Å²) in [6.07, 6.45) is 10.3. The molecule has 2 aromatic rings. The highest BCUT2D eigenvalue weighted by molar-refractivity contribution is 6.02. The van der Waals surface area contributed by atoms with Crippen molar-refractivity contribution in [1.29, 1.82) is 0 Å². The van der Waals surface area contributed by atoms with Crippen LogP contribution in [0.1, 0.15) is 25.0 Å². The quantitative estimate of drug-likeness (QED) is 0.381. The number of benzene rings is 2. The van der Waals surface area contributed by atoms with Gasteiger partial charge in [-0.2, -0.15) is 0 Å². The third-order valence-corrected chi connectivity index (χ3v) is 4.16. The molecule has 0 heterocycles. The number of nitrogens with zero attached hydrogens (tertiary/aromatic N) is 2. The molecule has 2 aromatic carbocycles. The molecule has 2 N–H and O–H groups in total. The molecule has 6 nitrogen and oxygen atoms in total. The summed E-state index contributed by atoms with van der Waals surface area (Å²) in [6.45, 7) is 4.77. The molecule has 0 aliphatic heterocycles. The lowest BCUT2D eigenvalue weighted by atomic mass is 10.1. The standard InChI is InChI=1S/C24H24N2O4/c1-5-13-29-19-7-9-21(23(27)15-19)17(3)25-11-12-26-18(4)22-10-8-20(16-24(22)28)30-14-6-2/h1-2,7-10,15-16,27-28H,11-14H2,3-4H3. The fourth-order valence-electron chi connectivity index (χ4n) is 2.67. The molecule has 6 heteroatoms. The molecule has 0 aromatic heterocycles. The fraction of sp³-hybridized carbons (Fsp3) is 0.250. The van der Waals surface area contributed by atoms with Crippen molar-refractivity contribution in [2.45, 2.75) is 13.8 Å². The van der Waals surface area contributed by atoms with E-state index in [1.165, 1.54) is 12.1 Å². The van der Waals surface area contributed by atoms with Gasteiger partial charge in [0, 0.05) is 34.7 Å². The SMILES string of the molecule is C#CCOc1ccc(C(C)=NCCN=C(C)c2ccc(OCC#C)cc2O)c(O)c1. The molecule has 0 fully saturated rings. The van der Waals surface area contributed by atoms with Crippen molar-refractivity contribution in [2.75, 3.05) is 26.3 Å². The van der Waals surface area contributed by atoms with Gasteiger partial charge in [-0.25, -0.2) is 0 Å². The topological polar surface area (TPSA) is 83.6 Å². The minimum atomic E-state index is 0.0718. The number of hydrogen-bond donors (Lipinski definition) is 2. The zero-order valence-electron chi connectivity index (χ0n) is 17.1. The number of terminal acetylenes is 2. The average Bonchev–Trinajstić information content (AvgIpc) is 2.73. The minimum absolute atomic E-state index is 0.0718. The van der Waals surface area contributed by atoms with Gasteiger partial charge in [0.25, 0.3) is 0 Å². The van der Waals surface area contributed by atoms with Crippen LogP contribution in [0.3, 0.4) is 0 Å². The van der Waals surface area contributed by atoms with Gasteiger partial charge in [0.05, 0.1) is 13.1 Å². The van der Waals surface area contributed by atoms with E-state index in [0.717, 1.165) is 0 Å². The second-order valence-electron chi connectivity index (χ2n) is 6.28. The van der Waals surface area contributed by atoms with E-state index < -0.39 is 0 Å². The molecule has 0 saturated carbocycles. The second kappa shape index (κ2) is 11.2. The summed E-state index contributed by atoms with van der Waals surface area (Å²) in [5.74, 6) is 5.89. The lowest BCUT2D eigenvalue weighted by Crippen LogP contribution is -2.02. The van der Waals surface area contributed by atoms with Crippen molar-refractivity contribution < 1.29 is 19.7 Å². The molecule has 2 rings (SSSR count). The predicted molar refractivity (Wildman–Crippen MR) is 119 cm³/mol. The molecule has 0 atom stereocenters. The van der Waals surface area contributed by atoms with Gasteiger partial charge in [-0.3, -0.25) is 9.98 Å². The summed E-state index contributed by atoms with van der Waals surface area (Å²) in [5.41, 5.74) is 2.59. The first-order chi connectivity index (χ1) is 14.5. The summed E-state index contributed by atoms with van der Waals surface area (Å²) < 4.78 is 10.6. The second-order valence-corrected chi connectivity index (χ2v) is 6.28. The Morgan fingerprint density at radius 2 is 1.20 bits per heavy atom. The smallest absolute Gasteiger partial charge is 0.148 e. The number of phenols is 2. The lowest BCUT2D eigenvalue weighted by Gasteiger charge is -2.08. The first kappa shape index (κ1) is 22.4. The summed E-state index contributed by atoms with van der Waals surface area (Å²) >= 11 is 0. The van der Waals surface area contributed by atoms with E-state index >= 15 is 0 Å². The largest absolute Gasteiger partial charge is 0.507 e. The number of rotatable bonds is 9. The zero-order valence-corrected chi connectivity index (χ0v) is 17.1. The molecule has 30 heavy (non-hydrogen) atoms. The Morgan fingerprint density at radius 3 is 1.53 bits per heavy atom. The van der Waals surface area contributed by atoms with Crippen LogP contribution in [0.25, 0.3) is 0 Å². The number of phenolic OH excluding ortho intramolecular Hbond substituents is 2. The van der Waals surface area contributed by atoms with Crippen molar-refractivity contribution in [1.82, 2.24) is 0 Å². The predicted octanol–water partition coefficient (Wildman–Crippen LogP) is 3.44. The molecule has 0 amide bonds. The van der Waals surface area contributed by atoms with E-state index in [1.54, 1.807) is 24.3 Å². The third kappa shape index (κ3) is 6.32. The first-order valence-corrected chi connectivity index (χ1v) is 9.27. The number of hydrogen-bond acceptors (Lipinski definition) is 6. The Hall–Kier alpha value is -3.90. The highest BCUT2D eigenvalue weighted by Gasteiger charge is 2.08. The highest BCUT2D eigenvalue weighted by Crippen LogP contribution is 2.25. The van der Waals surface area contributed by atoms with E-state index in [-0.39, 0.29) is 24.7 Å². The van der Waals surface area contributed by atoms with Crippen molar-refractivity contribution in [3.05, 3.63) is 47.5 Å². The van der Waals surface area contributed by atoms with Gasteiger partial charge in [-0.1, -0.05) is 11.8 Å². The summed E-state index contributed by atoms with van der Waals surface area (Å²) in [5, 5.41) is 20.3. The molecule has 0 radical (unpaired) electrons. The van der Waals surface area contributed by atoms with Crippen LogP contribution in [0.2, 0.25) is 0 Å². The van der Waals surface area contributed by atoms with Gasteiger partial charge >= 0.3 is 0 Å². The van der Waals surface area contributed by atoms with Crippen molar-refractivity contribution in [3.63, 3.8) is 0 Å². The van der Waals surface area contributed by atoms with Gasteiger partial charge < -0.3 is 19.7 Å². The molecule has 0 aliphatic carbocycles. The Kier molecular flexibility index (Phi) is 8.35. The van der Waals surface area contributed by atoms with Crippen LogP contribution < -0.4 is 9.47 Å². The molecular weight excluding hydrogens is 380 g/mol. The lowest BCUT2D eigenvalue weighted by molar-refractivity contribution is 0.366. The molecule has 0 aliphatic rings. The van der Waals surface area contributed by atoms with Crippen LogP contribution in [-0.2, 0) is 0 Å². The number of aliphatic imine (C=N–C) groups is 2. The van der Waals surface area contributed by atoms with Gasteiger partial charge in [-0.05, 0) is 38.1 Å². The van der Waals surface area contributed by atoms with Crippen LogP contribution >= 0.6 is 0 Å². The molecule has 154 valence electrons. The van der Waals surface area contributed by atoms with Crippen molar-refractivity contribution in [2.24, 2.45) is 9.98 Å². The minimum Gasteiger partial charge on any atom is -0.507 e. The van der Waals surface area contributed by atoms with Gasteiger partial charge in [0.2, 0.25) is 0 Å². The van der Waals surface area contributed by atoms with Crippen LogP contribution in [0.5, 0.6) is 23.0 Å². The Bertz CT molecular complexity index is 943. The summed E-state index contributed by atoms with van der Waals surface area (Å²) in [7, 11) is 0. The average molecular weight is 404 g/mol. The van der Waals surface area contributed by atoms with E-state index in [9.17, 15) is 10.2 Å². The summed E-state index contributed by atoms with van der Waals surface area (Å²) in [6, 6.07) is 9.94. The van der Waals surface area contributed by atoms with Gasteiger partial charge in [0.15, 0.2) is 0 Å². The van der Waals surface area contributed by atoms with Crippen LogP contribution in [0.15, 0.2) is 46.4 Å². The highest BCUT2D eigenvalue weighted by atomic mass is 16.5. The van der Waals surface area contributed by atoms with E-state index in [0.29, 0.717) is 47.1 Å². The van der Waals surface area contributed by atoms with Crippen LogP contribution in [0.4, 0.5) is 0 Å². The molecule has 0 unspecified atom stereocenters. The molecular formula is C24H24N2O4. The van der Waals surface area contributed by atoms with Gasteiger partial charge in [0.1, 0.15) is 36.2 Å². The van der Waals surface area contributed by atoms with Crippen LogP contribution in [0, 0.1) is 24.7 Å². The normalized spacial score (nSPS) is 11.5. The third-order valence-electron chi connectivity index (χ3n) is 4.16. The molecule has 0 bridgehead atoms. The Balaban J connectivity index is 1.98. The van der Waals surface area contributed by atoms with Gasteiger partial charge in [-0.15, -0.1) is 12.8 Å². The van der Waals surface area contributed by atoms with Crippen molar-refractivity contribution in [3.8, 4) is 47.7 Å². The molecule has 0 saturated heterocycles.